The summed E-state index contributed by atoms with van der Waals surface area (Å²) in [6.45, 7) is 13.7. The van der Waals surface area contributed by atoms with Gasteiger partial charge in [0.25, 0.3) is 0 Å². The molecule has 0 aliphatic rings. The second kappa shape index (κ2) is 6.49. The molecular formula is C13H30N2. The monoisotopic (exact) mass is 214 g/mol. The molecule has 0 radical (unpaired) electrons. The van der Waals surface area contributed by atoms with Crippen molar-refractivity contribution in [3.63, 3.8) is 0 Å². The number of hydrogen-bond donors (Lipinski definition) is 1. The number of nitrogens with one attached hydrogen (secondary N) is 1. The van der Waals surface area contributed by atoms with Crippen molar-refractivity contribution in [3.8, 4) is 0 Å². The Morgan fingerprint density at radius 1 is 1.20 bits per heavy atom. The SMILES string of the molecule is CCC(NCC(C)(C)CN(C)C)C(C)C. The van der Waals surface area contributed by atoms with Gasteiger partial charge in [0.1, 0.15) is 0 Å². The van der Waals surface area contributed by atoms with Gasteiger partial charge in [-0.05, 0) is 31.8 Å². The van der Waals surface area contributed by atoms with Crippen molar-refractivity contribution < 1.29 is 0 Å². The van der Waals surface area contributed by atoms with E-state index in [0.29, 0.717) is 11.5 Å². The van der Waals surface area contributed by atoms with Gasteiger partial charge in [0.05, 0.1) is 0 Å². The predicted molar refractivity (Wildman–Crippen MR) is 69.3 cm³/mol. The summed E-state index contributed by atoms with van der Waals surface area (Å²) in [6, 6.07) is 0.659. The van der Waals surface area contributed by atoms with Crippen molar-refractivity contribution in [3.05, 3.63) is 0 Å². The van der Waals surface area contributed by atoms with Crippen LogP contribution in [0.4, 0.5) is 0 Å². The van der Waals surface area contributed by atoms with E-state index in [9.17, 15) is 0 Å². The van der Waals surface area contributed by atoms with E-state index in [2.05, 4.69) is 58.9 Å². The fourth-order valence-corrected chi connectivity index (χ4v) is 2.17. The molecule has 92 valence electrons. The summed E-state index contributed by atoms with van der Waals surface area (Å²) in [5.41, 5.74) is 0.353. The molecule has 0 heterocycles. The Kier molecular flexibility index (Phi) is 6.46. The quantitative estimate of drug-likeness (QED) is 0.701. The van der Waals surface area contributed by atoms with Crippen molar-refractivity contribution in [1.82, 2.24) is 10.2 Å². The van der Waals surface area contributed by atoms with Crippen molar-refractivity contribution in [2.24, 2.45) is 11.3 Å². The molecule has 2 heteroatoms. The first-order chi connectivity index (χ1) is 6.78. The fraction of sp³-hybridized carbons (Fsp3) is 1.00. The zero-order chi connectivity index (χ0) is 12.1. The highest BCUT2D eigenvalue weighted by Gasteiger charge is 2.20. The Balaban J connectivity index is 4.00. The van der Waals surface area contributed by atoms with Crippen molar-refractivity contribution in [1.29, 1.82) is 0 Å². The minimum absolute atomic E-state index is 0.353. The molecule has 2 nitrogen and oxygen atoms in total. The third-order valence-corrected chi connectivity index (χ3v) is 2.83. The Morgan fingerprint density at radius 2 is 1.73 bits per heavy atom. The molecule has 0 aliphatic carbocycles. The van der Waals surface area contributed by atoms with Gasteiger partial charge in [-0.15, -0.1) is 0 Å². The molecule has 0 saturated heterocycles. The highest BCUT2D eigenvalue weighted by Crippen LogP contribution is 2.16. The lowest BCUT2D eigenvalue weighted by Gasteiger charge is -2.31. The zero-order valence-electron chi connectivity index (χ0n) is 11.7. The molecule has 1 unspecified atom stereocenters. The lowest BCUT2D eigenvalue weighted by Crippen LogP contribution is -2.43. The van der Waals surface area contributed by atoms with Crippen LogP contribution in [-0.2, 0) is 0 Å². The summed E-state index contributed by atoms with van der Waals surface area (Å²) in [4.78, 5) is 2.26. The minimum Gasteiger partial charge on any atom is -0.313 e. The van der Waals surface area contributed by atoms with Gasteiger partial charge in [-0.3, -0.25) is 0 Å². The lowest BCUT2D eigenvalue weighted by molar-refractivity contribution is 0.216. The summed E-state index contributed by atoms with van der Waals surface area (Å²) in [5.74, 6) is 0.727. The molecule has 0 aliphatic heterocycles. The molecule has 15 heavy (non-hydrogen) atoms. The van der Waals surface area contributed by atoms with Crippen LogP contribution in [0.15, 0.2) is 0 Å². The van der Waals surface area contributed by atoms with E-state index in [1.54, 1.807) is 0 Å². The molecule has 0 amide bonds. The maximum atomic E-state index is 3.69. The summed E-state index contributed by atoms with van der Waals surface area (Å²) >= 11 is 0. The van der Waals surface area contributed by atoms with E-state index in [4.69, 9.17) is 0 Å². The van der Waals surface area contributed by atoms with E-state index >= 15 is 0 Å². The van der Waals surface area contributed by atoms with E-state index in [0.717, 1.165) is 19.0 Å². The van der Waals surface area contributed by atoms with Crippen molar-refractivity contribution in [2.75, 3.05) is 27.2 Å². The third-order valence-electron chi connectivity index (χ3n) is 2.83. The minimum atomic E-state index is 0.353. The van der Waals surface area contributed by atoms with Crippen LogP contribution in [0.3, 0.4) is 0 Å². The van der Waals surface area contributed by atoms with Crippen LogP contribution < -0.4 is 5.32 Å². The van der Waals surface area contributed by atoms with E-state index < -0.39 is 0 Å². The molecular weight excluding hydrogens is 184 g/mol. The number of hydrogen-bond acceptors (Lipinski definition) is 2. The molecule has 1 N–H and O–H groups in total. The fourth-order valence-electron chi connectivity index (χ4n) is 2.17. The average molecular weight is 214 g/mol. The first-order valence-corrected chi connectivity index (χ1v) is 6.16. The largest absolute Gasteiger partial charge is 0.313 e. The van der Waals surface area contributed by atoms with Crippen LogP contribution in [0.1, 0.15) is 41.0 Å². The smallest absolute Gasteiger partial charge is 0.00876 e. The van der Waals surface area contributed by atoms with Crippen LogP contribution in [0.25, 0.3) is 0 Å². The highest BCUT2D eigenvalue weighted by molar-refractivity contribution is 4.78. The molecule has 0 aromatic carbocycles. The molecule has 1 atom stereocenters. The van der Waals surface area contributed by atoms with Crippen LogP contribution >= 0.6 is 0 Å². The molecule has 0 aromatic rings. The number of rotatable bonds is 7. The maximum absolute atomic E-state index is 3.69. The summed E-state index contributed by atoms with van der Waals surface area (Å²) in [5, 5.41) is 3.69. The topological polar surface area (TPSA) is 15.3 Å². The predicted octanol–water partition coefficient (Wildman–Crippen LogP) is 2.60. The first kappa shape index (κ1) is 14.9. The van der Waals surface area contributed by atoms with Crippen molar-refractivity contribution >= 4 is 0 Å². The van der Waals surface area contributed by atoms with E-state index in [1.165, 1.54) is 6.42 Å². The Bertz CT molecular complexity index is 162. The van der Waals surface area contributed by atoms with Gasteiger partial charge >= 0.3 is 0 Å². The third kappa shape index (κ3) is 6.91. The van der Waals surface area contributed by atoms with Gasteiger partial charge in [0, 0.05) is 19.1 Å². The van der Waals surface area contributed by atoms with Gasteiger partial charge < -0.3 is 10.2 Å². The van der Waals surface area contributed by atoms with Gasteiger partial charge in [0.2, 0.25) is 0 Å². The molecule has 0 fully saturated rings. The van der Waals surface area contributed by atoms with Crippen LogP contribution in [0.5, 0.6) is 0 Å². The Hall–Kier alpha value is -0.0800. The van der Waals surface area contributed by atoms with E-state index in [-0.39, 0.29) is 0 Å². The van der Waals surface area contributed by atoms with Gasteiger partial charge in [0.15, 0.2) is 0 Å². The average Bonchev–Trinajstić information content (AvgIpc) is 2.01. The summed E-state index contributed by atoms with van der Waals surface area (Å²) in [7, 11) is 4.28. The second-order valence-corrected chi connectivity index (χ2v) is 6.04. The lowest BCUT2D eigenvalue weighted by atomic mass is 9.91. The van der Waals surface area contributed by atoms with Crippen LogP contribution in [0, 0.1) is 11.3 Å². The molecule has 0 spiro atoms. The standard InChI is InChI=1S/C13H30N2/c1-8-12(11(2)3)14-9-13(4,5)10-15(6)7/h11-12,14H,8-10H2,1-7H3. The summed E-state index contributed by atoms with van der Waals surface area (Å²) < 4.78 is 0. The Labute approximate surface area is 96.4 Å². The van der Waals surface area contributed by atoms with Gasteiger partial charge in [-0.2, -0.15) is 0 Å². The highest BCUT2D eigenvalue weighted by atomic mass is 15.1. The van der Waals surface area contributed by atoms with Crippen molar-refractivity contribution in [2.45, 2.75) is 47.1 Å². The molecule has 0 saturated carbocycles. The molecule has 0 rings (SSSR count). The summed E-state index contributed by atoms with van der Waals surface area (Å²) in [6.07, 6.45) is 1.22. The molecule has 0 bridgehead atoms. The second-order valence-electron chi connectivity index (χ2n) is 6.04. The van der Waals surface area contributed by atoms with Crippen LogP contribution in [-0.4, -0.2) is 38.1 Å². The van der Waals surface area contributed by atoms with Gasteiger partial charge in [-0.1, -0.05) is 34.6 Å². The molecule has 0 aromatic heterocycles. The van der Waals surface area contributed by atoms with Gasteiger partial charge in [-0.25, -0.2) is 0 Å². The van der Waals surface area contributed by atoms with Crippen LogP contribution in [0.2, 0.25) is 0 Å². The van der Waals surface area contributed by atoms with E-state index in [1.807, 2.05) is 0 Å². The first-order valence-electron chi connectivity index (χ1n) is 6.16. The normalized spacial score (nSPS) is 15.0. The number of nitrogens with zero attached hydrogens (tertiary/aromatic N) is 1. The Morgan fingerprint density at radius 3 is 2.07 bits per heavy atom. The zero-order valence-corrected chi connectivity index (χ0v) is 11.7. The maximum Gasteiger partial charge on any atom is 0.00876 e.